The molecule has 1 aromatic carbocycles. The number of benzene rings is 1. The molecule has 0 bridgehead atoms. The summed E-state index contributed by atoms with van der Waals surface area (Å²) in [6, 6.07) is 7.88. The van der Waals surface area contributed by atoms with Gasteiger partial charge < -0.3 is 11.1 Å². The van der Waals surface area contributed by atoms with E-state index in [4.69, 9.17) is 5.73 Å². The van der Waals surface area contributed by atoms with Crippen molar-refractivity contribution in [3.8, 4) is 0 Å². The summed E-state index contributed by atoms with van der Waals surface area (Å²) in [5, 5.41) is 3.24. The quantitative estimate of drug-likeness (QED) is 0.738. The number of pyridine rings is 1. The number of thiazole rings is 1. The maximum atomic E-state index is 5.86. The maximum Gasteiger partial charge on any atom is 0.132 e. The number of fused-ring (bicyclic) bond motifs is 1. The van der Waals surface area contributed by atoms with Crippen molar-refractivity contribution in [2.24, 2.45) is 0 Å². The smallest absolute Gasteiger partial charge is 0.132 e. The fraction of sp³-hybridized carbons (Fsp3) is 0.0769. The number of nitrogens with one attached hydrogen (secondary N) is 1. The summed E-state index contributed by atoms with van der Waals surface area (Å²) in [5.74, 6) is 0.752. The number of nitrogens with zero attached hydrogens (tertiary/aromatic N) is 2. The van der Waals surface area contributed by atoms with Crippen LogP contribution in [0.1, 0.15) is 5.56 Å². The Morgan fingerprint density at radius 1 is 1.22 bits per heavy atom. The second kappa shape index (κ2) is 4.27. The predicted molar refractivity (Wildman–Crippen MR) is 76.3 cm³/mol. The zero-order chi connectivity index (χ0) is 12.5. The molecule has 0 amide bonds. The number of nitrogen functional groups attached to an aromatic ring is 1. The van der Waals surface area contributed by atoms with Crippen LogP contribution in [-0.4, -0.2) is 9.97 Å². The highest BCUT2D eigenvalue weighted by Crippen LogP contribution is 2.24. The van der Waals surface area contributed by atoms with Crippen molar-refractivity contribution in [3.63, 3.8) is 0 Å². The Morgan fingerprint density at radius 3 is 2.94 bits per heavy atom. The second-order valence-electron chi connectivity index (χ2n) is 4.09. The molecule has 0 radical (unpaired) electrons. The van der Waals surface area contributed by atoms with Gasteiger partial charge in [0.25, 0.3) is 0 Å². The molecule has 90 valence electrons. The van der Waals surface area contributed by atoms with Gasteiger partial charge in [-0.05, 0) is 30.7 Å². The van der Waals surface area contributed by atoms with Crippen LogP contribution in [-0.2, 0) is 0 Å². The van der Waals surface area contributed by atoms with Crippen molar-refractivity contribution in [1.29, 1.82) is 0 Å². The van der Waals surface area contributed by atoms with Crippen molar-refractivity contribution < 1.29 is 0 Å². The summed E-state index contributed by atoms with van der Waals surface area (Å²) in [4.78, 5) is 8.55. The van der Waals surface area contributed by atoms with E-state index in [1.807, 2.05) is 30.6 Å². The summed E-state index contributed by atoms with van der Waals surface area (Å²) < 4.78 is 1.15. The molecule has 0 aliphatic rings. The highest BCUT2D eigenvalue weighted by Gasteiger charge is 2.01. The van der Waals surface area contributed by atoms with Gasteiger partial charge in [-0.3, -0.25) is 0 Å². The zero-order valence-electron chi connectivity index (χ0n) is 9.84. The Bertz CT molecular complexity index is 705. The van der Waals surface area contributed by atoms with E-state index in [1.54, 1.807) is 17.5 Å². The second-order valence-corrected chi connectivity index (χ2v) is 4.97. The van der Waals surface area contributed by atoms with Crippen LogP contribution >= 0.6 is 11.3 Å². The standard InChI is InChI=1S/C13H12N4S/c1-8-6-15-13(5-10(8)14)17-9-2-3-11-12(4-9)18-7-16-11/h2-7H,1H3,(H3,14,15,17). The van der Waals surface area contributed by atoms with Crippen molar-refractivity contribution >= 4 is 38.7 Å². The van der Waals surface area contributed by atoms with Crippen molar-refractivity contribution in [3.05, 3.63) is 41.5 Å². The van der Waals surface area contributed by atoms with Crippen LogP contribution in [0.5, 0.6) is 0 Å². The molecule has 3 rings (SSSR count). The summed E-state index contributed by atoms with van der Waals surface area (Å²) in [6.45, 7) is 1.94. The van der Waals surface area contributed by atoms with Crippen LogP contribution in [0.15, 0.2) is 36.0 Å². The molecule has 2 heterocycles. The lowest BCUT2D eigenvalue weighted by molar-refractivity contribution is 1.26. The molecule has 0 aliphatic heterocycles. The van der Waals surface area contributed by atoms with Gasteiger partial charge in [0.05, 0.1) is 15.7 Å². The number of aromatic nitrogens is 2. The SMILES string of the molecule is Cc1cnc(Nc2ccc3ncsc3c2)cc1N. The average Bonchev–Trinajstić information content (AvgIpc) is 2.81. The first-order chi connectivity index (χ1) is 8.72. The third-order valence-corrected chi connectivity index (χ3v) is 3.54. The van der Waals surface area contributed by atoms with Crippen molar-refractivity contribution in [1.82, 2.24) is 9.97 Å². The number of hydrogen-bond donors (Lipinski definition) is 2. The molecule has 4 nitrogen and oxygen atoms in total. The van der Waals surface area contributed by atoms with Gasteiger partial charge in [0.2, 0.25) is 0 Å². The van der Waals surface area contributed by atoms with E-state index in [0.717, 1.165) is 33.0 Å². The van der Waals surface area contributed by atoms with Gasteiger partial charge in [-0.2, -0.15) is 0 Å². The Hall–Kier alpha value is -2.14. The molecule has 0 unspecified atom stereocenters. The van der Waals surface area contributed by atoms with E-state index in [1.165, 1.54) is 0 Å². The van der Waals surface area contributed by atoms with E-state index < -0.39 is 0 Å². The Balaban J connectivity index is 1.92. The summed E-state index contributed by atoms with van der Waals surface area (Å²) in [5.41, 5.74) is 11.4. The largest absolute Gasteiger partial charge is 0.398 e. The molecule has 2 aromatic heterocycles. The van der Waals surface area contributed by atoms with Crippen LogP contribution in [0.3, 0.4) is 0 Å². The Morgan fingerprint density at radius 2 is 2.11 bits per heavy atom. The lowest BCUT2D eigenvalue weighted by Crippen LogP contribution is -1.97. The molecule has 0 atom stereocenters. The number of hydrogen-bond acceptors (Lipinski definition) is 5. The monoisotopic (exact) mass is 256 g/mol. The summed E-state index contributed by atoms with van der Waals surface area (Å²) >= 11 is 1.62. The minimum atomic E-state index is 0.742. The fourth-order valence-corrected chi connectivity index (χ4v) is 2.40. The van der Waals surface area contributed by atoms with Crippen LogP contribution < -0.4 is 11.1 Å². The van der Waals surface area contributed by atoms with Crippen LogP contribution in [0.25, 0.3) is 10.2 Å². The van der Waals surface area contributed by atoms with Crippen LogP contribution in [0.2, 0.25) is 0 Å². The summed E-state index contributed by atoms with van der Waals surface area (Å²) in [7, 11) is 0. The third-order valence-electron chi connectivity index (χ3n) is 2.75. The maximum absolute atomic E-state index is 5.86. The number of rotatable bonds is 2. The lowest BCUT2D eigenvalue weighted by atomic mass is 10.2. The molecule has 3 aromatic rings. The van der Waals surface area contributed by atoms with Gasteiger partial charge in [0, 0.05) is 23.6 Å². The molecule has 0 spiro atoms. The first kappa shape index (κ1) is 11.0. The van der Waals surface area contributed by atoms with Crippen LogP contribution in [0, 0.1) is 6.92 Å². The van der Waals surface area contributed by atoms with Gasteiger partial charge in [-0.1, -0.05) is 0 Å². The topological polar surface area (TPSA) is 63.8 Å². The highest BCUT2D eigenvalue weighted by molar-refractivity contribution is 7.16. The molecule has 0 saturated carbocycles. The molecule has 5 heteroatoms. The molecule has 0 fully saturated rings. The van der Waals surface area contributed by atoms with Gasteiger partial charge in [0.1, 0.15) is 5.82 Å². The number of aryl methyl sites for hydroxylation is 1. The van der Waals surface area contributed by atoms with Gasteiger partial charge in [-0.25, -0.2) is 9.97 Å². The molecular formula is C13H12N4S. The first-order valence-electron chi connectivity index (χ1n) is 5.55. The lowest BCUT2D eigenvalue weighted by Gasteiger charge is -2.07. The van der Waals surface area contributed by atoms with Gasteiger partial charge in [0.15, 0.2) is 0 Å². The molecule has 18 heavy (non-hydrogen) atoms. The van der Waals surface area contributed by atoms with Gasteiger partial charge >= 0.3 is 0 Å². The average molecular weight is 256 g/mol. The van der Waals surface area contributed by atoms with E-state index in [9.17, 15) is 0 Å². The molecule has 3 N–H and O–H groups in total. The zero-order valence-corrected chi connectivity index (χ0v) is 10.7. The van der Waals surface area contributed by atoms with E-state index in [0.29, 0.717) is 0 Å². The highest BCUT2D eigenvalue weighted by atomic mass is 32.1. The summed E-state index contributed by atoms with van der Waals surface area (Å²) in [6.07, 6.45) is 1.77. The van der Waals surface area contributed by atoms with E-state index >= 15 is 0 Å². The van der Waals surface area contributed by atoms with Crippen LogP contribution in [0.4, 0.5) is 17.2 Å². The first-order valence-corrected chi connectivity index (χ1v) is 6.43. The third kappa shape index (κ3) is 2.00. The van der Waals surface area contributed by atoms with Crippen molar-refractivity contribution in [2.75, 3.05) is 11.1 Å². The minimum absolute atomic E-state index is 0.742. The predicted octanol–water partition coefficient (Wildman–Crippen LogP) is 3.33. The normalized spacial score (nSPS) is 10.7. The fourth-order valence-electron chi connectivity index (χ4n) is 1.69. The minimum Gasteiger partial charge on any atom is -0.398 e. The Labute approximate surface area is 109 Å². The molecular weight excluding hydrogens is 244 g/mol. The number of anilines is 3. The Kier molecular flexibility index (Phi) is 2.60. The molecule has 0 aliphatic carbocycles. The number of nitrogens with two attached hydrogens (primary N) is 1. The molecule has 0 saturated heterocycles. The van der Waals surface area contributed by atoms with Gasteiger partial charge in [-0.15, -0.1) is 11.3 Å². The van der Waals surface area contributed by atoms with Crippen molar-refractivity contribution in [2.45, 2.75) is 6.92 Å². The van der Waals surface area contributed by atoms with E-state index in [-0.39, 0.29) is 0 Å². The van der Waals surface area contributed by atoms with E-state index in [2.05, 4.69) is 21.4 Å².